The number of rotatable bonds is 2. The highest BCUT2D eigenvalue weighted by Gasteiger charge is 2.18. The molecular formula is C30H20O11. The van der Waals surface area contributed by atoms with Crippen molar-refractivity contribution in [2.45, 2.75) is 0 Å². The monoisotopic (exact) mass is 556 g/mol. The van der Waals surface area contributed by atoms with Crippen molar-refractivity contribution in [2.24, 2.45) is 0 Å². The first-order chi connectivity index (χ1) is 19.5. The zero-order chi connectivity index (χ0) is 29.4. The first-order valence-corrected chi connectivity index (χ1v) is 11.8. The number of fused-ring (bicyclic) bond motifs is 2. The van der Waals surface area contributed by atoms with Gasteiger partial charge in [-0.3, -0.25) is 9.59 Å². The molecule has 0 bridgehead atoms. The molecule has 0 aliphatic rings. The molecule has 11 heteroatoms. The van der Waals surface area contributed by atoms with E-state index in [9.17, 15) is 45.3 Å². The van der Waals surface area contributed by atoms with E-state index in [0.29, 0.717) is 16.9 Å². The van der Waals surface area contributed by atoms with Gasteiger partial charge in [0.05, 0.1) is 0 Å². The standard InChI is InChI=1S/C15H10O6.C15H10O5/c16-8-3-1-7(2-4-8)11-5-9(17)13-12(21-11)6-10(18)14(19)15(13)20;16-9-6-11(8-4-2-1-3-5-8)20-12-7-10(17)14(18)15(19)13(9)12/h1-6,16,18-20H;1-7,17-19H. The summed E-state index contributed by atoms with van der Waals surface area (Å²) < 4.78 is 11.0. The Morgan fingerprint density at radius 2 is 0.878 bits per heavy atom. The lowest BCUT2D eigenvalue weighted by Gasteiger charge is -2.07. The fourth-order valence-corrected chi connectivity index (χ4v) is 4.07. The van der Waals surface area contributed by atoms with Gasteiger partial charge in [0.1, 0.15) is 39.2 Å². The highest BCUT2D eigenvalue weighted by Crippen LogP contribution is 2.41. The maximum atomic E-state index is 12.1. The van der Waals surface area contributed by atoms with E-state index in [2.05, 4.69) is 0 Å². The average molecular weight is 556 g/mol. The van der Waals surface area contributed by atoms with Crippen molar-refractivity contribution in [3.63, 3.8) is 0 Å². The van der Waals surface area contributed by atoms with Gasteiger partial charge >= 0.3 is 0 Å². The molecule has 0 amide bonds. The molecule has 6 rings (SSSR count). The summed E-state index contributed by atoms with van der Waals surface area (Å²) in [5.41, 5.74) is 0.116. The van der Waals surface area contributed by atoms with Crippen LogP contribution in [0.5, 0.6) is 40.2 Å². The number of aromatic hydroxyl groups is 7. The largest absolute Gasteiger partial charge is 0.508 e. The molecule has 0 radical (unpaired) electrons. The van der Waals surface area contributed by atoms with Gasteiger partial charge in [-0.05, 0) is 24.3 Å². The molecule has 0 aliphatic carbocycles. The highest BCUT2D eigenvalue weighted by atomic mass is 16.4. The predicted octanol–water partition coefficient (Wildman–Crippen LogP) is 4.86. The molecule has 0 saturated heterocycles. The van der Waals surface area contributed by atoms with Gasteiger partial charge < -0.3 is 44.6 Å². The van der Waals surface area contributed by atoms with Crippen LogP contribution in [0.1, 0.15) is 0 Å². The van der Waals surface area contributed by atoms with Gasteiger partial charge in [0, 0.05) is 35.4 Å². The Morgan fingerprint density at radius 3 is 1.32 bits per heavy atom. The van der Waals surface area contributed by atoms with Gasteiger partial charge in [0.15, 0.2) is 33.9 Å². The second-order valence-electron chi connectivity index (χ2n) is 8.79. The van der Waals surface area contributed by atoms with E-state index in [1.807, 2.05) is 6.07 Å². The molecule has 2 aromatic heterocycles. The van der Waals surface area contributed by atoms with Crippen molar-refractivity contribution in [1.29, 1.82) is 0 Å². The van der Waals surface area contributed by atoms with E-state index >= 15 is 0 Å². The van der Waals surface area contributed by atoms with E-state index < -0.39 is 45.4 Å². The molecule has 2 heterocycles. The number of phenolic OH excluding ortho intramolecular Hbond substituents is 7. The van der Waals surface area contributed by atoms with E-state index in [1.165, 1.54) is 18.2 Å². The third-order valence-corrected chi connectivity index (χ3v) is 6.10. The van der Waals surface area contributed by atoms with Gasteiger partial charge in [0.2, 0.25) is 11.5 Å². The van der Waals surface area contributed by atoms with Crippen molar-refractivity contribution in [3.8, 4) is 62.9 Å². The third kappa shape index (κ3) is 4.90. The van der Waals surface area contributed by atoms with Crippen LogP contribution in [0, 0.1) is 0 Å². The minimum Gasteiger partial charge on any atom is -0.508 e. The first-order valence-electron chi connectivity index (χ1n) is 11.8. The summed E-state index contributed by atoms with van der Waals surface area (Å²) in [4.78, 5) is 24.1. The molecule has 41 heavy (non-hydrogen) atoms. The second-order valence-corrected chi connectivity index (χ2v) is 8.79. The van der Waals surface area contributed by atoms with Crippen molar-refractivity contribution in [1.82, 2.24) is 0 Å². The quantitative estimate of drug-likeness (QED) is 0.144. The Bertz CT molecular complexity index is 2040. The number of benzene rings is 4. The molecule has 206 valence electrons. The van der Waals surface area contributed by atoms with Gasteiger partial charge in [0.25, 0.3) is 0 Å². The normalized spacial score (nSPS) is 10.8. The second kappa shape index (κ2) is 10.2. The van der Waals surface area contributed by atoms with Crippen LogP contribution < -0.4 is 10.9 Å². The molecule has 0 atom stereocenters. The summed E-state index contributed by atoms with van der Waals surface area (Å²) >= 11 is 0. The Morgan fingerprint density at radius 1 is 0.463 bits per heavy atom. The lowest BCUT2D eigenvalue weighted by atomic mass is 10.1. The third-order valence-electron chi connectivity index (χ3n) is 6.10. The maximum absolute atomic E-state index is 12.1. The molecule has 0 unspecified atom stereocenters. The van der Waals surface area contributed by atoms with Crippen LogP contribution in [0.25, 0.3) is 44.6 Å². The Labute approximate surface area is 228 Å². The topological polar surface area (TPSA) is 202 Å². The molecule has 4 aromatic carbocycles. The number of hydrogen-bond donors (Lipinski definition) is 7. The van der Waals surface area contributed by atoms with Gasteiger partial charge in [-0.15, -0.1) is 0 Å². The smallest absolute Gasteiger partial charge is 0.201 e. The van der Waals surface area contributed by atoms with Crippen molar-refractivity contribution < 1.29 is 44.6 Å². The minimum absolute atomic E-state index is 0.00385. The maximum Gasteiger partial charge on any atom is 0.201 e. The summed E-state index contributed by atoms with van der Waals surface area (Å²) in [5, 5.41) is 66.1. The SMILES string of the molecule is O=c1cc(-c2ccc(O)cc2)oc2cc(O)c(O)c(O)c12.O=c1cc(-c2ccccc2)oc2cc(O)c(O)c(O)c12. The van der Waals surface area contributed by atoms with Crippen LogP contribution in [-0.4, -0.2) is 35.7 Å². The first kappa shape index (κ1) is 26.5. The summed E-state index contributed by atoms with van der Waals surface area (Å²) in [6.45, 7) is 0. The van der Waals surface area contributed by atoms with Crippen LogP contribution in [0.15, 0.2) is 97.3 Å². The van der Waals surface area contributed by atoms with Gasteiger partial charge in [-0.1, -0.05) is 30.3 Å². The zero-order valence-electron chi connectivity index (χ0n) is 20.8. The lowest BCUT2D eigenvalue weighted by Crippen LogP contribution is -2.00. The fourth-order valence-electron chi connectivity index (χ4n) is 4.07. The van der Waals surface area contributed by atoms with Crippen LogP contribution in [0.3, 0.4) is 0 Å². The van der Waals surface area contributed by atoms with Gasteiger partial charge in [-0.2, -0.15) is 0 Å². The van der Waals surface area contributed by atoms with E-state index in [1.54, 1.807) is 36.4 Å². The molecule has 11 nitrogen and oxygen atoms in total. The van der Waals surface area contributed by atoms with Crippen LogP contribution >= 0.6 is 0 Å². The van der Waals surface area contributed by atoms with Crippen LogP contribution in [0.2, 0.25) is 0 Å². The predicted molar refractivity (Wildman–Crippen MR) is 147 cm³/mol. The zero-order valence-corrected chi connectivity index (χ0v) is 20.8. The molecule has 0 saturated carbocycles. The van der Waals surface area contributed by atoms with E-state index in [-0.39, 0.29) is 33.4 Å². The lowest BCUT2D eigenvalue weighted by molar-refractivity contribution is 0.370. The summed E-state index contributed by atoms with van der Waals surface area (Å²) in [6, 6.07) is 19.5. The van der Waals surface area contributed by atoms with Crippen molar-refractivity contribution >= 4 is 21.9 Å². The Hall–Kier alpha value is -6.10. The number of hydrogen-bond acceptors (Lipinski definition) is 11. The Balaban J connectivity index is 0.000000165. The molecule has 7 N–H and O–H groups in total. The Kier molecular flexibility index (Phi) is 6.61. The molecule has 6 aromatic rings. The summed E-state index contributed by atoms with van der Waals surface area (Å²) in [5.74, 6) is -3.48. The summed E-state index contributed by atoms with van der Waals surface area (Å²) in [7, 11) is 0. The average Bonchev–Trinajstić information content (AvgIpc) is 2.95. The number of phenols is 7. The minimum atomic E-state index is -0.771. The molecule has 0 fully saturated rings. The fraction of sp³-hybridized carbons (Fsp3) is 0. The molecular weight excluding hydrogens is 536 g/mol. The highest BCUT2D eigenvalue weighted by molar-refractivity contribution is 5.90. The van der Waals surface area contributed by atoms with Gasteiger partial charge in [-0.25, -0.2) is 0 Å². The summed E-state index contributed by atoms with van der Waals surface area (Å²) in [6.07, 6.45) is 0. The van der Waals surface area contributed by atoms with Crippen molar-refractivity contribution in [3.05, 3.63) is 99.3 Å². The van der Waals surface area contributed by atoms with E-state index in [0.717, 1.165) is 18.2 Å². The van der Waals surface area contributed by atoms with Crippen LogP contribution in [-0.2, 0) is 0 Å². The van der Waals surface area contributed by atoms with E-state index in [4.69, 9.17) is 8.83 Å². The van der Waals surface area contributed by atoms with Crippen molar-refractivity contribution in [2.75, 3.05) is 0 Å². The molecule has 0 aliphatic heterocycles. The molecule has 0 spiro atoms. The van der Waals surface area contributed by atoms with Crippen LogP contribution in [0.4, 0.5) is 0 Å².